The molecule has 0 heterocycles. The summed E-state index contributed by atoms with van der Waals surface area (Å²) in [6, 6.07) is 0. The average Bonchev–Trinajstić information content (AvgIpc) is 1.36. The summed E-state index contributed by atoms with van der Waals surface area (Å²) in [6.07, 6.45) is -3.34. The maximum absolute atomic E-state index is 10.5. The van der Waals surface area contributed by atoms with Crippen LogP contribution < -0.4 is 34.7 Å². The molecule has 0 aliphatic rings. The van der Waals surface area contributed by atoms with Crippen LogP contribution in [-0.2, 0) is 4.79 Å². The number of aliphatic carboxylic acids is 1. The van der Waals surface area contributed by atoms with Crippen molar-refractivity contribution in [3.05, 3.63) is 0 Å². The van der Waals surface area contributed by atoms with E-state index in [-0.39, 0.29) is 29.6 Å². The summed E-state index contributed by atoms with van der Waals surface area (Å²) in [6.45, 7) is 0. The predicted octanol–water partition coefficient (Wildman–Crippen LogP) is -3.99. The molecule has 7 heavy (non-hydrogen) atoms. The summed E-state index contributed by atoms with van der Waals surface area (Å²) in [4.78, 5) is 8.84. The minimum atomic E-state index is -3.34. The SMILES string of the molecule is O=C([O-])C(F)F.[Na+]. The van der Waals surface area contributed by atoms with Gasteiger partial charge in [0.1, 0.15) is 5.97 Å². The second kappa shape index (κ2) is 4.49. The quantitative estimate of drug-likeness (QED) is 0.329. The van der Waals surface area contributed by atoms with E-state index in [1.165, 1.54) is 0 Å². The molecule has 0 aliphatic carbocycles. The number of hydrogen-bond acceptors (Lipinski definition) is 2. The summed E-state index contributed by atoms with van der Waals surface area (Å²) in [5, 5.41) is 8.84. The van der Waals surface area contributed by atoms with Crippen LogP contribution in [-0.4, -0.2) is 12.4 Å². The van der Waals surface area contributed by atoms with Gasteiger partial charge in [0.2, 0.25) is 0 Å². The molecule has 0 saturated carbocycles. The predicted molar refractivity (Wildman–Crippen MR) is 11.0 cm³/mol. The van der Waals surface area contributed by atoms with E-state index in [2.05, 4.69) is 0 Å². The Morgan fingerprint density at radius 1 is 1.57 bits per heavy atom. The Morgan fingerprint density at radius 2 is 1.71 bits per heavy atom. The monoisotopic (exact) mass is 118 g/mol. The van der Waals surface area contributed by atoms with Gasteiger partial charge in [-0.1, -0.05) is 0 Å². The summed E-state index contributed by atoms with van der Waals surface area (Å²) >= 11 is 0. The molecular formula is C2HF2NaO2. The Labute approximate surface area is 60.8 Å². The van der Waals surface area contributed by atoms with Crippen LogP contribution in [0.3, 0.4) is 0 Å². The zero-order chi connectivity index (χ0) is 5.15. The molecule has 0 spiro atoms. The number of carboxylic acid groups (broad SMARTS) is 1. The molecular weight excluding hydrogens is 117 g/mol. The van der Waals surface area contributed by atoms with Gasteiger partial charge >= 0.3 is 29.6 Å². The van der Waals surface area contributed by atoms with Crippen LogP contribution in [0.4, 0.5) is 8.78 Å². The molecule has 0 fully saturated rings. The van der Waals surface area contributed by atoms with E-state index < -0.39 is 12.4 Å². The molecule has 0 bridgehead atoms. The maximum atomic E-state index is 10.5. The molecule has 0 aromatic rings. The first-order valence-electron chi connectivity index (χ1n) is 1.13. The first-order chi connectivity index (χ1) is 2.64. The third kappa shape index (κ3) is 6.33. The average molecular weight is 118 g/mol. The molecule has 0 N–H and O–H groups in total. The van der Waals surface area contributed by atoms with Gasteiger partial charge in [-0.25, -0.2) is 8.78 Å². The summed E-state index contributed by atoms with van der Waals surface area (Å²) in [5.74, 6) is -2.32. The van der Waals surface area contributed by atoms with Crippen molar-refractivity contribution < 1.29 is 48.2 Å². The number of carbonyl (C=O) groups is 1. The number of hydrogen-bond donors (Lipinski definition) is 0. The summed E-state index contributed by atoms with van der Waals surface area (Å²) in [7, 11) is 0. The summed E-state index contributed by atoms with van der Waals surface area (Å²) < 4.78 is 21.0. The summed E-state index contributed by atoms with van der Waals surface area (Å²) in [5.41, 5.74) is 0. The van der Waals surface area contributed by atoms with Crippen LogP contribution in [0.25, 0.3) is 0 Å². The molecule has 0 unspecified atom stereocenters. The van der Waals surface area contributed by atoms with Gasteiger partial charge in [-0.15, -0.1) is 0 Å². The zero-order valence-corrected chi connectivity index (χ0v) is 5.65. The van der Waals surface area contributed by atoms with Crippen molar-refractivity contribution in [2.24, 2.45) is 0 Å². The van der Waals surface area contributed by atoms with Crippen molar-refractivity contribution in [2.45, 2.75) is 6.43 Å². The standard InChI is InChI=1S/C2H2F2O2.Na/c3-1(4)2(5)6;/h1H,(H,5,6);/q;+1/p-1. The van der Waals surface area contributed by atoms with E-state index in [1.54, 1.807) is 0 Å². The number of carboxylic acids is 1. The van der Waals surface area contributed by atoms with E-state index in [9.17, 15) is 8.78 Å². The fourth-order valence-corrected chi connectivity index (χ4v) is 0. The molecule has 2 nitrogen and oxygen atoms in total. The van der Waals surface area contributed by atoms with Crippen molar-refractivity contribution in [1.82, 2.24) is 0 Å². The molecule has 0 aromatic heterocycles. The van der Waals surface area contributed by atoms with E-state index in [4.69, 9.17) is 9.90 Å². The van der Waals surface area contributed by atoms with Gasteiger partial charge in [-0.2, -0.15) is 0 Å². The van der Waals surface area contributed by atoms with Crippen LogP contribution in [0.2, 0.25) is 0 Å². The Hall–Kier alpha value is 0.330. The fraction of sp³-hybridized carbons (Fsp3) is 0.500. The third-order valence-electron chi connectivity index (χ3n) is 0.178. The van der Waals surface area contributed by atoms with Crippen molar-refractivity contribution in [3.63, 3.8) is 0 Å². The molecule has 0 amide bonds. The number of halogens is 2. The normalized spacial score (nSPS) is 7.86. The zero-order valence-electron chi connectivity index (χ0n) is 3.65. The Bertz CT molecular complexity index is 64.7. The van der Waals surface area contributed by atoms with Gasteiger partial charge in [-0.05, 0) is 0 Å². The van der Waals surface area contributed by atoms with Crippen molar-refractivity contribution in [2.75, 3.05) is 0 Å². The minimum Gasteiger partial charge on any atom is -0.544 e. The molecule has 0 radical (unpaired) electrons. The van der Waals surface area contributed by atoms with Crippen LogP contribution >= 0.6 is 0 Å². The van der Waals surface area contributed by atoms with Gasteiger partial charge in [0.25, 0.3) is 6.43 Å². The van der Waals surface area contributed by atoms with Gasteiger partial charge in [0, 0.05) is 0 Å². The first kappa shape index (κ1) is 10.3. The van der Waals surface area contributed by atoms with E-state index in [0.717, 1.165) is 0 Å². The second-order valence-corrected chi connectivity index (χ2v) is 0.620. The Morgan fingerprint density at radius 3 is 1.71 bits per heavy atom. The minimum absolute atomic E-state index is 0. The maximum Gasteiger partial charge on any atom is 1.00 e. The largest absolute Gasteiger partial charge is 1.00 e. The number of rotatable bonds is 1. The van der Waals surface area contributed by atoms with Gasteiger partial charge in [0.15, 0.2) is 0 Å². The van der Waals surface area contributed by atoms with Crippen molar-refractivity contribution in [1.29, 1.82) is 0 Å². The fourth-order valence-electron chi connectivity index (χ4n) is 0. The molecule has 36 valence electrons. The topological polar surface area (TPSA) is 40.1 Å². The molecule has 0 rings (SSSR count). The van der Waals surface area contributed by atoms with Crippen LogP contribution in [0.5, 0.6) is 0 Å². The molecule has 0 aromatic carbocycles. The van der Waals surface area contributed by atoms with Gasteiger partial charge < -0.3 is 9.90 Å². The molecule has 0 saturated heterocycles. The van der Waals surface area contributed by atoms with Crippen LogP contribution in [0.1, 0.15) is 0 Å². The molecule has 0 aliphatic heterocycles. The van der Waals surface area contributed by atoms with E-state index in [0.29, 0.717) is 0 Å². The first-order valence-corrected chi connectivity index (χ1v) is 1.13. The van der Waals surface area contributed by atoms with Crippen LogP contribution in [0, 0.1) is 0 Å². The van der Waals surface area contributed by atoms with Crippen LogP contribution in [0.15, 0.2) is 0 Å². The molecule has 5 heteroatoms. The van der Waals surface area contributed by atoms with Crippen molar-refractivity contribution in [3.8, 4) is 0 Å². The number of alkyl halides is 2. The Balaban J connectivity index is 0. The van der Waals surface area contributed by atoms with E-state index in [1.807, 2.05) is 0 Å². The van der Waals surface area contributed by atoms with Gasteiger partial charge in [0.05, 0.1) is 0 Å². The molecule has 0 atom stereocenters. The van der Waals surface area contributed by atoms with Gasteiger partial charge in [-0.3, -0.25) is 0 Å². The second-order valence-electron chi connectivity index (χ2n) is 0.620. The van der Waals surface area contributed by atoms with E-state index >= 15 is 0 Å². The smallest absolute Gasteiger partial charge is 0.544 e. The third-order valence-corrected chi connectivity index (χ3v) is 0.178. The Kier molecular flexibility index (Phi) is 6.63. The van der Waals surface area contributed by atoms with Crippen molar-refractivity contribution >= 4 is 5.97 Å². The number of carbonyl (C=O) groups excluding carboxylic acids is 1.